The lowest BCUT2D eigenvalue weighted by molar-refractivity contribution is -0.137. The number of hydrogen-bond donors (Lipinski definition) is 1. The molecule has 0 amide bonds. The normalized spacial score (nSPS) is 30.9. The molecule has 56 valence electrons. The number of carboxylic acids is 1. The summed E-state index contributed by atoms with van der Waals surface area (Å²) in [5.41, 5.74) is 0. The molecule has 2 nitrogen and oxygen atoms in total. The highest BCUT2D eigenvalue weighted by molar-refractivity contribution is 5.67. The van der Waals surface area contributed by atoms with Gasteiger partial charge in [-0.05, 0) is 18.3 Å². The van der Waals surface area contributed by atoms with Crippen LogP contribution in [0.1, 0.15) is 19.8 Å². The maximum Gasteiger partial charge on any atom is 0.303 e. The van der Waals surface area contributed by atoms with Crippen molar-refractivity contribution in [3.8, 4) is 0 Å². The van der Waals surface area contributed by atoms with Crippen LogP contribution in [0.3, 0.4) is 0 Å². The zero-order chi connectivity index (χ0) is 7.56. The van der Waals surface area contributed by atoms with Gasteiger partial charge < -0.3 is 5.11 Å². The van der Waals surface area contributed by atoms with Gasteiger partial charge in [-0.25, -0.2) is 0 Å². The van der Waals surface area contributed by atoms with Gasteiger partial charge in [-0.1, -0.05) is 19.1 Å². The summed E-state index contributed by atoms with van der Waals surface area (Å²) in [7, 11) is 0. The van der Waals surface area contributed by atoms with Crippen LogP contribution in [-0.2, 0) is 4.79 Å². The van der Waals surface area contributed by atoms with Crippen LogP contribution in [0.5, 0.6) is 0 Å². The molecular weight excluding hydrogens is 128 g/mol. The fraction of sp³-hybridized carbons (Fsp3) is 0.625. The Morgan fingerprint density at radius 3 is 2.80 bits per heavy atom. The van der Waals surface area contributed by atoms with Crippen LogP contribution < -0.4 is 0 Å². The Bertz CT molecular complexity index is 161. The quantitative estimate of drug-likeness (QED) is 0.592. The fourth-order valence-electron chi connectivity index (χ4n) is 1.36. The van der Waals surface area contributed by atoms with E-state index in [1.807, 2.05) is 6.08 Å². The van der Waals surface area contributed by atoms with Crippen molar-refractivity contribution in [3.05, 3.63) is 12.2 Å². The summed E-state index contributed by atoms with van der Waals surface area (Å²) in [5.74, 6) is 0.167. The Balaban J connectivity index is 2.33. The van der Waals surface area contributed by atoms with Gasteiger partial charge in [0.2, 0.25) is 0 Å². The van der Waals surface area contributed by atoms with Gasteiger partial charge in [-0.15, -0.1) is 0 Å². The van der Waals surface area contributed by atoms with E-state index in [2.05, 4.69) is 13.0 Å². The number of hydrogen-bond acceptors (Lipinski definition) is 1. The number of carboxylic acid groups (broad SMARTS) is 1. The second-order valence-electron chi connectivity index (χ2n) is 2.96. The first kappa shape index (κ1) is 7.32. The van der Waals surface area contributed by atoms with E-state index in [-0.39, 0.29) is 5.92 Å². The zero-order valence-corrected chi connectivity index (χ0v) is 6.08. The third kappa shape index (κ3) is 1.87. The molecule has 1 rings (SSSR count). The summed E-state index contributed by atoms with van der Waals surface area (Å²) >= 11 is 0. The highest BCUT2D eigenvalue weighted by Gasteiger charge is 2.17. The summed E-state index contributed by atoms with van der Waals surface area (Å²) < 4.78 is 0. The Labute approximate surface area is 60.6 Å². The van der Waals surface area contributed by atoms with Crippen LogP contribution in [0.2, 0.25) is 0 Å². The maximum absolute atomic E-state index is 10.2. The maximum atomic E-state index is 10.2. The smallest absolute Gasteiger partial charge is 0.303 e. The zero-order valence-electron chi connectivity index (χ0n) is 6.08. The van der Waals surface area contributed by atoms with Crippen LogP contribution >= 0.6 is 0 Å². The highest BCUT2D eigenvalue weighted by Crippen LogP contribution is 2.25. The molecule has 0 spiro atoms. The summed E-state index contributed by atoms with van der Waals surface area (Å²) in [5, 5.41) is 8.43. The molecule has 10 heavy (non-hydrogen) atoms. The Morgan fingerprint density at radius 2 is 2.40 bits per heavy atom. The molecule has 0 bridgehead atoms. The average Bonchev–Trinajstić information content (AvgIpc) is 2.13. The van der Waals surface area contributed by atoms with Crippen molar-refractivity contribution in [2.75, 3.05) is 0 Å². The minimum atomic E-state index is -0.691. The first-order chi connectivity index (χ1) is 4.68. The van der Waals surface area contributed by atoms with E-state index in [1.54, 1.807) is 0 Å². The second kappa shape index (κ2) is 2.86. The van der Waals surface area contributed by atoms with Gasteiger partial charge in [0.1, 0.15) is 0 Å². The second-order valence-corrected chi connectivity index (χ2v) is 2.96. The molecule has 1 aliphatic rings. The predicted molar refractivity (Wildman–Crippen MR) is 38.7 cm³/mol. The topological polar surface area (TPSA) is 37.3 Å². The largest absolute Gasteiger partial charge is 0.481 e. The average molecular weight is 140 g/mol. The highest BCUT2D eigenvalue weighted by atomic mass is 16.4. The standard InChI is InChI=1S/C8H12O2/c1-6-2-3-7(4-6)5-8(9)10/h2-3,6-7H,4-5H2,1H3,(H,9,10)/t6-,7-/m0/s1. The summed E-state index contributed by atoms with van der Waals surface area (Å²) in [4.78, 5) is 10.2. The van der Waals surface area contributed by atoms with Crippen molar-refractivity contribution in [2.24, 2.45) is 11.8 Å². The summed E-state index contributed by atoms with van der Waals surface area (Å²) in [6.45, 7) is 2.11. The molecule has 2 atom stereocenters. The minimum absolute atomic E-state index is 0.285. The lowest BCUT2D eigenvalue weighted by atomic mass is 10.0. The lowest BCUT2D eigenvalue weighted by Crippen LogP contribution is -2.03. The lowest BCUT2D eigenvalue weighted by Gasteiger charge is -2.03. The van der Waals surface area contributed by atoms with Crippen LogP contribution in [-0.4, -0.2) is 11.1 Å². The van der Waals surface area contributed by atoms with E-state index in [0.29, 0.717) is 12.3 Å². The van der Waals surface area contributed by atoms with E-state index >= 15 is 0 Å². The van der Waals surface area contributed by atoms with Crippen LogP contribution in [0.25, 0.3) is 0 Å². The third-order valence-electron chi connectivity index (χ3n) is 1.82. The van der Waals surface area contributed by atoms with Gasteiger partial charge in [0.25, 0.3) is 0 Å². The summed E-state index contributed by atoms with van der Waals surface area (Å²) in [6, 6.07) is 0. The monoisotopic (exact) mass is 140 g/mol. The van der Waals surface area contributed by atoms with Crippen LogP contribution in [0.4, 0.5) is 0 Å². The van der Waals surface area contributed by atoms with Crippen molar-refractivity contribution < 1.29 is 9.90 Å². The molecule has 1 aliphatic carbocycles. The number of aliphatic carboxylic acids is 1. The Morgan fingerprint density at radius 1 is 1.70 bits per heavy atom. The van der Waals surface area contributed by atoms with Crippen molar-refractivity contribution in [1.82, 2.24) is 0 Å². The summed E-state index contributed by atoms with van der Waals surface area (Å²) in [6.07, 6.45) is 5.40. The van der Waals surface area contributed by atoms with Crippen molar-refractivity contribution in [3.63, 3.8) is 0 Å². The molecule has 0 fully saturated rings. The van der Waals surface area contributed by atoms with E-state index in [9.17, 15) is 4.79 Å². The molecule has 0 aromatic rings. The first-order valence-electron chi connectivity index (χ1n) is 3.58. The van der Waals surface area contributed by atoms with Gasteiger partial charge in [0.05, 0.1) is 6.42 Å². The molecule has 0 heterocycles. The SMILES string of the molecule is C[C@H]1C=C[C@H](CC(=O)O)C1. The molecule has 1 N–H and O–H groups in total. The molecule has 0 saturated heterocycles. The van der Waals surface area contributed by atoms with Gasteiger partial charge in [-0.3, -0.25) is 4.79 Å². The van der Waals surface area contributed by atoms with Crippen LogP contribution in [0.15, 0.2) is 12.2 Å². The van der Waals surface area contributed by atoms with E-state index in [4.69, 9.17) is 5.11 Å². The van der Waals surface area contributed by atoms with E-state index in [0.717, 1.165) is 6.42 Å². The fourth-order valence-corrected chi connectivity index (χ4v) is 1.36. The van der Waals surface area contributed by atoms with Gasteiger partial charge in [-0.2, -0.15) is 0 Å². The number of carbonyl (C=O) groups is 1. The van der Waals surface area contributed by atoms with Crippen molar-refractivity contribution >= 4 is 5.97 Å². The molecular formula is C8H12O2. The third-order valence-corrected chi connectivity index (χ3v) is 1.82. The molecule has 0 radical (unpaired) electrons. The molecule has 0 aliphatic heterocycles. The number of allylic oxidation sites excluding steroid dienone is 2. The van der Waals surface area contributed by atoms with Crippen LogP contribution in [0, 0.1) is 11.8 Å². The Hall–Kier alpha value is -0.790. The van der Waals surface area contributed by atoms with E-state index in [1.165, 1.54) is 0 Å². The van der Waals surface area contributed by atoms with Crippen molar-refractivity contribution in [2.45, 2.75) is 19.8 Å². The van der Waals surface area contributed by atoms with Gasteiger partial charge >= 0.3 is 5.97 Å². The van der Waals surface area contributed by atoms with Gasteiger partial charge in [0, 0.05) is 0 Å². The van der Waals surface area contributed by atoms with Gasteiger partial charge in [0.15, 0.2) is 0 Å². The first-order valence-corrected chi connectivity index (χ1v) is 3.58. The Kier molecular flexibility index (Phi) is 2.10. The van der Waals surface area contributed by atoms with E-state index < -0.39 is 5.97 Å². The number of rotatable bonds is 2. The molecule has 0 saturated carbocycles. The molecule has 0 aromatic carbocycles. The molecule has 0 aromatic heterocycles. The van der Waals surface area contributed by atoms with Crippen molar-refractivity contribution in [1.29, 1.82) is 0 Å². The molecule has 0 unspecified atom stereocenters. The predicted octanol–water partition coefficient (Wildman–Crippen LogP) is 1.67. The minimum Gasteiger partial charge on any atom is -0.481 e. The molecule has 2 heteroatoms.